The van der Waals surface area contributed by atoms with Gasteiger partial charge in [0.25, 0.3) is 10.0 Å². The van der Waals surface area contributed by atoms with Crippen LogP contribution < -0.4 is 10.2 Å². The molecule has 5 heterocycles. The molecule has 0 bridgehead atoms. The van der Waals surface area contributed by atoms with Crippen LogP contribution in [0.15, 0.2) is 42.6 Å². The van der Waals surface area contributed by atoms with Crippen molar-refractivity contribution >= 4 is 32.7 Å². The van der Waals surface area contributed by atoms with E-state index in [9.17, 15) is 22.0 Å². The molecule has 1 amide bonds. The molecule has 0 spiro atoms. The monoisotopic (exact) mass is 576 g/mol. The second-order valence-electron chi connectivity index (χ2n) is 9.87. The maximum atomic E-state index is 11.8. The number of ether oxygens (including phenoxy) is 1. The number of likely N-dealkylation sites (N-methyl/N-ethyl adjacent to an activating group) is 1. The summed E-state index contributed by atoms with van der Waals surface area (Å²) in [4.78, 5) is 27.9. The molecule has 2 fully saturated rings. The number of aromatic nitrogens is 3. The largest absolute Gasteiger partial charge is 0.372 e. The molecule has 3 aromatic rings. The summed E-state index contributed by atoms with van der Waals surface area (Å²) in [5.41, 5.74) is 3.11. The Morgan fingerprint density at radius 3 is 2.40 bits per heavy atom. The fourth-order valence-electron chi connectivity index (χ4n) is 4.71. The third-order valence-electron chi connectivity index (χ3n) is 6.64. The highest BCUT2D eigenvalue weighted by atomic mass is 32.2. The number of nitrogens with one attached hydrogen (secondary N) is 1. The lowest BCUT2D eigenvalue weighted by molar-refractivity contribution is -0.120. The van der Waals surface area contributed by atoms with Crippen LogP contribution in [0.5, 0.6) is 0 Å². The number of rotatable bonds is 6. The van der Waals surface area contributed by atoms with Gasteiger partial charge in [-0.3, -0.25) is 9.78 Å². The number of alkyl halides is 2. The van der Waals surface area contributed by atoms with Crippen LogP contribution in [0.2, 0.25) is 0 Å². The summed E-state index contributed by atoms with van der Waals surface area (Å²) >= 11 is 0. The lowest BCUT2D eigenvalue weighted by Crippen LogP contribution is -2.45. The van der Waals surface area contributed by atoms with Gasteiger partial charge in [-0.05, 0) is 57.0 Å². The highest BCUT2D eigenvalue weighted by Crippen LogP contribution is 2.24. The minimum Gasteiger partial charge on any atom is -0.372 e. The van der Waals surface area contributed by atoms with Gasteiger partial charge in [0.2, 0.25) is 5.91 Å². The number of carbonyl (C=O) groups excluding carboxylic acids is 1. The molecule has 2 unspecified atom stereocenters. The van der Waals surface area contributed by atoms with Crippen molar-refractivity contribution in [2.45, 2.75) is 51.1 Å². The Balaban J connectivity index is 0.000000283. The van der Waals surface area contributed by atoms with Gasteiger partial charge in [0, 0.05) is 44.8 Å². The van der Waals surface area contributed by atoms with E-state index in [0.717, 1.165) is 45.5 Å². The van der Waals surface area contributed by atoms with Crippen molar-refractivity contribution < 1.29 is 26.7 Å². The number of hydrogen-bond donors (Lipinski definition) is 1. The number of hydrogen-bond acceptors (Lipinski definition) is 8. The van der Waals surface area contributed by atoms with Crippen molar-refractivity contribution in [3.63, 3.8) is 0 Å². The molecule has 0 aliphatic carbocycles. The van der Waals surface area contributed by atoms with Gasteiger partial charge in [-0.15, -0.1) is 0 Å². The summed E-state index contributed by atoms with van der Waals surface area (Å²) in [5, 5.41) is 3.55. The van der Waals surface area contributed by atoms with Gasteiger partial charge in [-0.2, -0.15) is 13.1 Å². The number of nitrogens with zero attached hydrogens (tertiary/aromatic N) is 5. The molecule has 40 heavy (non-hydrogen) atoms. The highest BCUT2D eigenvalue weighted by Gasteiger charge is 2.33. The Morgan fingerprint density at radius 2 is 1.75 bits per heavy atom. The normalized spacial score (nSPS) is 19.9. The first-order valence-corrected chi connectivity index (χ1v) is 14.7. The molecular weight excluding hydrogens is 542 g/mol. The van der Waals surface area contributed by atoms with E-state index in [2.05, 4.69) is 29.0 Å². The molecule has 2 atom stereocenters. The van der Waals surface area contributed by atoms with Gasteiger partial charge < -0.3 is 15.0 Å². The first kappa shape index (κ1) is 29.7. The number of morpholine rings is 1. The van der Waals surface area contributed by atoms with Crippen LogP contribution in [0, 0.1) is 0 Å². The number of pyridine rings is 3. The minimum atomic E-state index is -4.28. The first-order chi connectivity index (χ1) is 19.1. The quantitative estimate of drug-likeness (QED) is 0.476. The third-order valence-corrected chi connectivity index (χ3v) is 8.18. The van der Waals surface area contributed by atoms with E-state index >= 15 is 0 Å². The molecule has 0 saturated carbocycles. The molecule has 2 aliphatic rings. The van der Waals surface area contributed by atoms with Crippen molar-refractivity contribution in [2.75, 3.05) is 38.1 Å². The molecular formula is C27H34F2N6O4S. The topological polar surface area (TPSA) is 118 Å². The molecule has 216 valence electrons. The summed E-state index contributed by atoms with van der Waals surface area (Å²) in [6.45, 7) is 6.30. The molecule has 10 nitrogen and oxygen atoms in total. The zero-order chi connectivity index (χ0) is 28.9. The summed E-state index contributed by atoms with van der Waals surface area (Å²) in [6.07, 6.45) is 3.71. The van der Waals surface area contributed by atoms with Gasteiger partial charge in [-0.25, -0.2) is 18.4 Å². The van der Waals surface area contributed by atoms with Crippen LogP contribution in [0.4, 0.5) is 14.6 Å². The van der Waals surface area contributed by atoms with Crippen LogP contribution in [0.25, 0.3) is 22.3 Å². The van der Waals surface area contributed by atoms with E-state index in [-0.39, 0.29) is 37.6 Å². The summed E-state index contributed by atoms with van der Waals surface area (Å²) in [6, 6.07) is 11.8. The Kier molecular flexibility index (Phi) is 9.59. The average Bonchev–Trinajstić information content (AvgIpc) is 3.49. The van der Waals surface area contributed by atoms with Crippen LogP contribution >= 0.6 is 0 Å². The van der Waals surface area contributed by atoms with Crippen LogP contribution in [-0.4, -0.2) is 84.8 Å². The fourth-order valence-corrected chi connectivity index (χ4v) is 5.71. The van der Waals surface area contributed by atoms with E-state index in [1.165, 1.54) is 0 Å². The maximum absolute atomic E-state index is 11.8. The van der Waals surface area contributed by atoms with Crippen LogP contribution in [0.1, 0.15) is 32.4 Å². The smallest absolute Gasteiger partial charge is 0.350 e. The number of amides is 1. The van der Waals surface area contributed by atoms with Gasteiger partial charge in [-0.1, -0.05) is 6.07 Å². The Hall–Kier alpha value is -3.29. The van der Waals surface area contributed by atoms with Gasteiger partial charge in [0.1, 0.15) is 5.82 Å². The summed E-state index contributed by atoms with van der Waals surface area (Å²) < 4.78 is 51.8. The Labute approximate surface area is 232 Å². The predicted octanol–water partition coefficient (Wildman–Crippen LogP) is 3.23. The first-order valence-electron chi connectivity index (χ1n) is 13.2. The maximum Gasteiger partial charge on any atom is 0.350 e. The molecule has 0 radical (unpaired) electrons. The molecule has 1 N–H and O–H groups in total. The predicted molar refractivity (Wildman–Crippen MR) is 148 cm³/mol. The van der Waals surface area contributed by atoms with Crippen molar-refractivity contribution in [3.8, 4) is 11.4 Å². The Morgan fingerprint density at radius 1 is 1.07 bits per heavy atom. The number of fused-ring (bicyclic) bond motifs is 1. The number of carbonyl (C=O) groups is 1. The lowest BCUT2D eigenvalue weighted by Gasteiger charge is -2.36. The average molecular weight is 577 g/mol. The summed E-state index contributed by atoms with van der Waals surface area (Å²) in [5.74, 6) is -2.40. The molecule has 2 saturated heterocycles. The second-order valence-corrected chi connectivity index (χ2v) is 11.8. The van der Waals surface area contributed by atoms with Gasteiger partial charge in [0.15, 0.2) is 0 Å². The molecule has 3 aromatic heterocycles. The van der Waals surface area contributed by atoms with E-state index in [1.807, 2.05) is 36.4 Å². The number of halogens is 2. The van der Waals surface area contributed by atoms with Crippen molar-refractivity contribution in [2.24, 2.45) is 0 Å². The van der Waals surface area contributed by atoms with Crippen molar-refractivity contribution in [3.05, 3.63) is 48.3 Å². The molecule has 13 heteroatoms. The standard InChI is InChI=1S/C22H25N5O2.C5H9F2NO2S/c1-14-12-27(13-15(2)29-14)21-6-4-5-18(26-21)19-8-7-16-11-24-17(9-20(16)25-19)10-22(28)23-3;6-5(7)11(9,10)8-3-1-2-4-8/h4-9,11,14-15H,10,12-13H2,1-3H3,(H,23,28);5H,1-4H2. The van der Waals surface area contributed by atoms with E-state index in [1.54, 1.807) is 13.2 Å². The molecule has 0 aromatic carbocycles. The molecule has 5 rings (SSSR count). The number of anilines is 1. The van der Waals surface area contributed by atoms with Crippen molar-refractivity contribution in [1.29, 1.82) is 0 Å². The van der Waals surface area contributed by atoms with Crippen LogP contribution in [-0.2, 0) is 26.0 Å². The van der Waals surface area contributed by atoms with Crippen molar-refractivity contribution in [1.82, 2.24) is 24.6 Å². The third kappa shape index (κ3) is 7.26. The zero-order valence-corrected chi connectivity index (χ0v) is 23.6. The van der Waals surface area contributed by atoms with E-state index < -0.39 is 15.8 Å². The SMILES string of the molecule is CNC(=O)Cc1cc2nc(-c3cccc(N4CC(C)OC(C)C4)n3)ccc2cn1.O=S(=O)(C(F)F)N1CCCC1. The van der Waals surface area contributed by atoms with Crippen LogP contribution in [0.3, 0.4) is 0 Å². The van der Waals surface area contributed by atoms with Gasteiger partial charge >= 0.3 is 5.76 Å². The second kappa shape index (κ2) is 12.9. The fraction of sp³-hybridized carbons (Fsp3) is 0.481. The number of sulfonamides is 1. The minimum absolute atomic E-state index is 0.0728. The van der Waals surface area contributed by atoms with E-state index in [4.69, 9.17) is 14.7 Å². The van der Waals surface area contributed by atoms with Gasteiger partial charge in [0.05, 0.1) is 41.2 Å². The Bertz CT molecular complexity index is 1430. The van der Waals surface area contributed by atoms with E-state index in [0.29, 0.717) is 18.5 Å². The zero-order valence-electron chi connectivity index (χ0n) is 22.8. The summed E-state index contributed by atoms with van der Waals surface area (Å²) in [7, 11) is -2.66. The lowest BCUT2D eigenvalue weighted by atomic mass is 10.1. The molecule has 2 aliphatic heterocycles. The highest BCUT2D eigenvalue weighted by molar-refractivity contribution is 7.89.